The zero-order chi connectivity index (χ0) is 17.0. The summed E-state index contributed by atoms with van der Waals surface area (Å²) in [5.74, 6) is -0.415. The highest BCUT2D eigenvalue weighted by molar-refractivity contribution is 5.91. The van der Waals surface area contributed by atoms with E-state index in [0.29, 0.717) is 16.9 Å². The molecule has 4 N–H and O–H groups in total. The van der Waals surface area contributed by atoms with E-state index in [-0.39, 0.29) is 0 Å². The molecule has 0 unspecified atom stereocenters. The van der Waals surface area contributed by atoms with Crippen LogP contribution in [-0.2, 0) is 14.3 Å². The number of nitrogen functional groups attached to an aromatic ring is 2. The van der Waals surface area contributed by atoms with Gasteiger partial charge in [-0.3, -0.25) is 4.79 Å². The molecule has 7 heteroatoms. The molecule has 1 heterocycles. The van der Waals surface area contributed by atoms with E-state index in [4.69, 9.17) is 16.2 Å². The summed E-state index contributed by atoms with van der Waals surface area (Å²) >= 11 is 0. The molecule has 7 nitrogen and oxygen atoms in total. The standard InChI is InChI=1S/C8H10N2O2.C4H8O.C3H7NO/c1-12-8(11)5-2-3-6(9)7(10)4-5;1-2-4-5-3-1;1-4(2)3-5/h2-4H,9-10H2,1H3;1-4H2;3H,1-2H3. The third-order valence-electron chi connectivity index (χ3n) is 2.55. The van der Waals surface area contributed by atoms with Crippen LogP contribution in [0.5, 0.6) is 0 Å². The van der Waals surface area contributed by atoms with Gasteiger partial charge in [0.25, 0.3) is 0 Å². The molecule has 0 bridgehead atoms. The van der Waals surface area contributed by atoms with Gasteiger partial charge < -0.3 is 25.8 Å². The molecule has 1 fully saturated rings. The number of carbonyl (C=O) groups excluding carboxylic acids is 2. The number of nitrogens with zero attached hydrogens (tertiary/aromatic N) is 1. The summed E-state index contributed by atoms with van der Waals surface area (Å²) in [5, 5.41) is 0. The second-order valence-corrected chi connectivity index (χ2v) is 4.72. The minimum absolute atomic E-state index is 0.387. The van der Waals surface area contributed by atoms with Crippen molar-refractivity contribution >= 4 is 23.8 Å². The van der Waals surface area contributed by atoms with Crippen LogP contribution < -0.4 is 11.5 Å². The lowest BCUT2D eigenvalue weighted by Gasteiger charge is -2.02. The van der Waals surface area contributed by atoms with E-state index in [0.717, 1.165) is 19.6 Å². The minimum atomic E-state index is -0.415. The fraction of sp³-hybridized carbons (Fsp3) is 0.467. The number of amides is 1. The lowest BCUT2D eigenvalue weighted by atomic mass is 10.2. The van der Waals surface area contributed by atoms with Gasteiger partial charge in [0.15, 0.2) is 0 Å². The molecule has 1 aliphatic rings. The number of ether oxygens (including phenoxy) is 2. The Morgan fingerprint density at radius 3 is 2.09 bits per heavy atom. The van der Waals surface area contributed by atoms with Gasteiger partial charge in [-0.25, -0.2) is 4.79 Å². The monoisotopic (exact) mass is 311 g/mol. The van der Waals surface area contributed by atoms with Crippen LogP contribution in [0.1, 0.15) is 23.2 Å². The SMILES string of the molecule is C1CCOC1.CN(C)C=O.COC(=O)c1ccc(N)c(N)c1. The lowest BCUT2D eigenvalue weighted by molar-refractivity contribution is -0.115. The average molecular weight is 311 g/mol. The minimum Gasteiger partial charge on any atom is -0.465 e. The summed E-state index contributed by atoms with van der Waals surface area (Å²) in [6, 6.07) is 4.63. The molecule has 22 heavy (non-hydrogen) atoms. The van der Waals surface area contributed by atoms with Gasteiger partial charge in [0.05, 0.1) is 24.0 Å². The van der Waals surface area contributed by atoms with Crippen molar-refractivity contribution in [2.75, 3.05) is 45.9 Å². The molecule has 0 saturated carbocycles. The predicted molar refractivity (Wildman–Crippen MR) is 86.4 cm³/mol. The third kappa shape index (κ3) is 8.80. The number of rotatable bonds is 2. The molecule has 124 valence electrons. The second kappa shape index (κ2) is 11.4. The van der Waals surface area contributed by atoms with Crippen LogP contribution in [0.4, 0.5) is 11.4 Å². The number of hydrogen-bond acceptors (Lipinski definition) is 6. The first-order valence-corrected chi connectivity index (χ1v) is 6.85. The van der Waals surface area contributed by atoms with E-state index in [1.165, 1.54) is 30.9 Å². The van der Waals surface area contributed by atoms with Crippen molar-refractivity contribution in [3.05, 3.63) is 23.8 Å². The molecule has 0 atom stereocenters. The van der Waals surface area contributed by atoms with Crippen LogP contribution in [0, 0.1) is 0 Å². The highest BCUT2D eigenvalue weighted by Crippen LogP contribution is 2.16. The summed E-state index contributed by atoms with van der Waals surface area (Å²) in [6.45, 7) is 2.00. The Bertz CT molecular complexity index is 452. The summed E-state index contributed by atoms with van der Waals surface area (Å²) in [6.07, 6.45) is 3.31. The maximum atomic E-state index is 11.0. The smallest absolute Gasteiger partial charge is 0.337 e. The van der Waals surface area contributed by atoms with E-state index >= 15 is 0 Å². The Morgan fingerprint density at radius 1 is 1.23 bits per heavy atom. The number of methoxy groups -OCH3 is 1. The molecule has 1 saturated heterocycles. The Hall–Kier alpha value is -2.28. The first-order valence-electron chi connectivity index (χ1n) is 6.85. The normalized spacial score (nSPS) is 12.1. The van der Waals surface area contributed by atoms with Gasteiger partial charge in [-0.05, 0) is 31.0 Å². The quantitative estimate of drug-likeness (QED) is 0.482. The zero-order valence-electron chi connectivity index (χ0n) is 13.4. The summed E-state index contributed by atoms with van der Waals surface area (Å²) < 4.78 is 9.44. The molecule has 0 aliphatic carbocycles. The Balaban J connectivity index is 0.000000363. The highest BCUT2D eigenvalue weighted by atomic mass is 16.5. The molecule has 0 spiro atoms. The van der Waals surface area contributed by atoms with Crippen molar-refractivity contribution in [2.24, 2.45) is 0 Å². The van der Waals surface area contributed by atoms with E-state index in [2.05, 4.69) is 4.74 Å². The molecule has 2 rings (SSSR count). The number of nitrogens with two attached hydrogens (primary N) is 2. The first kappa shape index (κ1) is 19.7. The van der Waals surface area contributed by atoms with Gasteiger partial charge in [-0.15, -0.1) is 0 Å². The number of anilines is 2. The lowest BCUT2D eigenvalue weighted by Crippen LogP contribution is -2.06. The third-order valence-corrected chi connectivity index (χ3v) is 2.55. The topological polar surface area (TPSA) is 108 Å². The average Bonchev–Trinajstić information content (AvgIpc) is 3.09. The van der Waals surface area contributed by atoms with Gasteiger partial charge in [0.1, 0.15) is 0 Å². The number of carbonyl (C=O) groups is 2. The van der Waals surface area contributed by atoms with E-state index in [9.17, 15) is 9.59 Å². The van der Waals surface area contributed by atoms with Crippen molar-refractivity contribution in [2.45, 2.75) is 12.8 Å². The number of hydrogen-bond donors (Lipinski definition) is 2. The summed E-state index contributed by atoms with van der Waals surface area (Å²) in [4.78, 5) is 21.8. The molecule has 1 amide bonds. The maximum Gasteiger partial charge on any atom is 0.337 e. The van der Waals surface area contributed by atoms with E-state index in [1.807, 2.05) is 0 Å². The van der Waals surface area contributed by atoms with Crippen molar-refractivity contribution in [1.29, 1.82) is 0 Å². The second-order valence-electron chi connectivity index (χ2n) is 4.72. The van der Waals surface area contributed by atoms with Crippen molar-refractivity contribution in [3.63, 3.8) is 0 Å². The van der Waals surface area contributed by atoms with Crippen LogP contribution in [-0.4, -0.2) is 51.7 Å². The van der Waals surface area contributed by atoms with Crippen LogP contribution in [0.2, 0.25) is 0 Å². The van der Waals surface area contributed by atoms with E-state index < -0.39 is 5.97 Å². The molecule has 1 aromatic carbocycles. The van der Waals surface area contributed by atoms with Crippen molar-refractivity contribution < 1.29 is 19.1 Å². The van der Waals surface area contributed by atoms with Gasteiger partial charge in [0.2, 0.25) is 6.41 Å². The Labute approximate surface area is 131 Å². The fourth-order valence-corrected chi connectivity index (χ4v) is 1.33. The van der Waals surface area contributed by atoms with Crippen LogP contribution >= 0.6 is 0 Å². The molecular formula is C15H25N3O4. The van der Waals surface area contributed by atoms with Crippen LogP contribution in [0.15, 0.2) is 18.2 Å². The predicted octanol–water partition coefficient (Wildman–Crippen LogP) is 1.14. The van der Waals surface area contributed by atoms with Gasteiger partial charge in [-0.2, -0.15) is 0 Å². The van der Waals surface area contributed by atoms with Crippen LogP contribution in [0.25, 0.3) is 0 Å². The highest BCUT2D eigenvalue weighted by Gasteiger charge is 2.05. The summed E-state index contributed by atoms with van der Waals surface area (Å²) in [7, 11) is 4.69. The summed E-state index contributed by atoms with van der Waals surface area (Å²) in [5.41, 5.74) is 12.2. The van der Waals surface area contributed by atoms with Gasteiger partial charge in [0, 0.05) is 27.3 Å². The van der Waals surface area contributed by atoms with E-state index in [1.54, 1.807) is 26.2 Å². The first-order chi connectivity index (χ1) is 10.4. The van der Waals surface area contributed by atoms with Crippen molar-refractivity contribution in [3.8, 4) is 0 Å². The molecule has 1 aromatic rings. The largest absolute Gasteiger partial charge is 0.465 e. The Morgan fingerprint density at radius 2 is 1.77 bits per heavy atom. The molecule has 0 aromatic heterocycles. The van der Waals surface area contributed by atoms with Crippen molar-refractivity contribution in [1.82, 2.24) is 4.90 Å². The fourth-order valence-electron chi connectivity index (χ4n) is 1.33. The van der Waals surface area contributed by atoms with Gasteiger partial charge >= 0.3 is 5.97 Å². The number of esters is 1. The molecule has 1 aliphatic heterocycles. The van der Waals surface area contributed by atoms with Crippen LogP contribution in [0.3, 0.4) is 0 Å². The Kier molecular flexibility index (Phi) is 10.2. The zero-order valence-corrected chi connectivity index (χ0v) is 13.4. The maximum absolute atomic E-state index is 11.0. The molecule has 0 radical (unpaired) electrons. The number of benzene rings is 1. The van der Waals surface area contributed by atoms with Gasteiger partial charge in [-0.1, -0.05) is 0 Å². The molecular weight excluding hydrogens is 286 g/mol.